The smallest absolute Gasteiger partial charge is 0.159 e. The van der Waals surface area contributed by atoms with Crippen molar-refractivity contribution >= 4 is 15.9 Å². The molecule has 72 valence electrons. The van der Waals surface area contributed by atoms with Crippen LogP contribution in [0.3, 0.4) is 0 Å². The molecule has 1 unspecified atom stereocenters. The summed E-state index contributed by atoms with van der Waals surface area (Å²) in [6.45, 7) is 1.59. The van der Waals surface area contributed by atoms with E-state index in [9.17, 15) is 8.78 Å². The Labute approximate surface area is 83.5 Å². The Bertz CT molecular complexity index is 313. The standard InChI is InChI=1S/C9H9BrF2O/c1-5(13)2-6-3-8(11)9(12)4-7(6)10/h3-5,13H,2H2,1H3. The molecule has 0 bridgehead atoms. The van der Waals surface area contributed by atoms with Gasteiger partial charge in [0, 0.05) is 4.47 Å². The van der Waals surface area contributed by atoms with Crippen molar-refractivity contribution in [2.45, 2.75) is 19.4 Å². The van der Waals surface area contributed by atoms with Gasteiger partial charge in [0.05, 0.1) is 6.10 Å². The minimum absolute atomic E-state index is 0.303. The van der Waals surface area contributed by atoms with Crippen molar-refractivity contribution < 1.29 is 13.9 Å². The SMILES string of the molecule is CC(O)Cc1cc(F)c(F)cc1Br. The van der Waals surface area contributed by atoms with Gasteiger partial charge in [-0.15, -0.1) is 0 Å². The second-order valence-electron chi connectivity index (χ2n) is 2.91. The Balaban J connectivity index is 3.01. The molecular formula is C9H9BrF2O. The van der Waals surface area contributed by atoms with E-state index in [4.69, 9.17) is 5.11 Å². The number of aliphatic hydroxyl groups is 1. The Morgan fingerprint density at radius 1 is 1.38 bits per heavy atom. The van der Waals surface area contributed by atoms with Gasteiger partial charge in [-0.1, -0.05) is 15.9 Å². The molecule has 1 N–H and O–H groups in total. The first-order valence-corrected chi connectivity index (χ1v) is 4.61. The second-order valence-corrected chi connectivity index (χ2v) is 3.77. The topological polar surface area (TPSA) is 20.2 Å². The van der Waals surface area contributed by atoms with Crippen LogP contribution in [0.25, 0.3) is 0 Å². The van der Waals surface area contributed by atoms with Gasteiger partial charge in [0.1, 0.15) is 0 Å². The molecule has 0 amide bonds. The first kappa shape index (κ1) is 10.6. The number of aliphatic hydroxyl groups excluding tert-OH is 1. The van der Waals surface area contributed by atoms with Crippen molar-refractivity contribution in [3.05, 3.63) is 33.8 Å². The Hall–Kier alpha value is -0.480. The second kappa shape index (κ2) is 4.15. The number of rotatable bonds is 2. The highest BCUT2D eigenvalue weighted by molar-refractivity contribution is 9.10. The molecule has 0 aromatic heterocycles. The van der Waals surface area contributed by atoms with Gasteiger partial charge < -0.3 is 5.11 Å². The molecule has 4 heteroatoms. The molecule has 1 aromatic carbocycles. The maximum atomic E-state index is 12.7. The van der Waals surface area contributed by atoms with E-state index in [0.29, 0.717) is 16.5 Å². The van der Waals surface area contributed by atoms with Crippen LogP contribution in [0, 0.1) is 11.6 Å². The summed E-state index contributed by atoms with van der Waals surface area (Å²) in [4.78, 5) is 0. The highest BCUT2D eigenvalue weighted by Gasteiger charge is 2.09. The van der Waals surface area contributed by atoms with Gasteiger partial charge in [0.2, 0.25) is 0 Å². The van der Waals surface area contributed by atoms with Crippen LogP contribution in [0.1, 0.15) is 12.5 Å². The lowest BCUT2D eigenvalue weighted by molar-refractivity contribution is 0.195. The molecule has 1 rings (SSSR count). The summed E-state index contributed by atoms with van der Waals surface area (Å²) in [5.74, 6) is -1.78. The molecule has 0 saturated carbocycles. The summed E-state index contributed by atoms with van der Waals surface area (Å²) in [5.41, 5.74) is 0.564. The summed E-state index contributed by atoms with van der Waals surface area (Å²) in [6, 6.07) is 2.15. The zero-order valence-electron chi connectivity index (χ0n) is 7.02. The Morgan fingerprint density at radius 2 is 1.92 bits per heavy atom. The zero-order chi connectivity index (χ0) is 10.0. The number of benzene rings is 1. The number of halogens is 3. The zero-order valence-corrected chi connectivity index (χ0v) is 8.61. The first-order valence-electron chi connectivity index (χ1n) is 3.82. The van der Waals surface area contributed by atoms with Crippen molar-refractivity contribution in [3.63, 3.8) is 0 Å². The lowest BCUT2D eigenvalue weighted by Crippen LogP contribution is -2.05. The average Bonchev–Trinajstić information content (AvgIpc) is 1.99. The van der Waals surface area contributed by atoms with E-state index < -0.39 is 17.7 Å². The van der Waals surface area contributed by atoms with Crippen LogP contribution >= 0.6 is 15.9 Å². The molecule has 0 saturated heterocycles. The van der Waals surface area contributed by atoms with E-state index in [1.165, 1.54) is 0 Å². The highest BCUT2D eigenvalue weighted by Crippen LogP contribution is 2.21. The van der Waals surface area contributed by atoms with Gasteiger partial charge in [0.15, 0.2) is 11.6 Å². The van der Waals surface area contributed by atoms with E-state index in [-0.39, 0.29) is 0 Å². The maximum Gasteiger partial charge on any atom is 0.159 e. The first-order chi connectivity index (χ1) is 6.00. The van der Waals surface area contributed by atoms with Crippen molar-refractivity contribution in [1.82, 2.24) is 0 Å². The monoisotopic (exact) mass is 250 g/mol. The van der Waals surface area contributed by atoms with Crippen LogP contribution in [0.4, 0.5) is 8.78 Å². The van der Waals surface area contributed by atoms with E-state index >= 15 is 0 Å². The van der Waals surface area contributed by atoms with Crippen molar-refractivity contribution in [2.24, 2.45) is 0 Å². The summed E-state index contributed by atoms with van der Waals surface area (Å²) in [5, 5.41) is 9.05. The van der Waals surface area contributed by atoms with Gasteiger partial charge in [-0.05, 0) is 31.0 Å². The van der Waals surface area contributed by atoms with E-state index in [0.717, 1.165) is 12.1 Å². The van der Waals surface area contributed by atoms with Gasteiger partial charge in [-0.3, -0.25) is 0 Å². The van der Waals surface area contributed by atoms with E-state index in [2.05, 4.69) is 15.9 Å². The molecule has 0 spiro atoms. The van der Waals surface area contributed by atoms with Gasteiger partial charge in [-0.2, -0.15) is 0 Å². The van der Waals surface area contributed by atoms with Crippen molar-refractivity contribution in [3.8, 4) is 0 Å². The maximum absolute atomic E-state index is 12.7. The molecule has 0 aliphatic rings. The Kier molecular flexibility index (Phi) is 3.39. The largest absolute Gasteiger partial charge is 0.393 e. The molecule has 1 aromatic rings. The fourth-order valence-electron chi connectivity index (χ4n) is 1.04. The van der Waals surface area contributed by atoms with E-state index in [1.807, 2.05) is 0 Å². The van der Waals surface area contributed by atoms with Crippen molar-refractivity contribution in [1.29, 1.82) is 0 Å². The molecule has 0 radical (unpaired) electrons. The van der Waals surface area contributed by atoms with Gasteiger partial charge in [0.25, 0.3) is 0 Å². The third-order valence-electron chi connectivity index (χ3n) is 1.60. The predicted octanol–water partition coefficient (Wildman–Crippen LogP) is 2.65. The minimum Gasteiger partial charge on any atom is -0.393 e. The van der Waals surface area contributed by atoms with Crippen molar-refractivity contribution in [2.75, 3.05) is 0 Å². The molecule has 0 heterocycles. The number of hydrogen-bond acceptors (Lipinski definition) is 1. The lowest BCUT2D eigenvalue weighted by Gasteiger charge is -2.07. The van der Waals surface area contributed by atoms with Crippen LogP contribution in [0.5, 0.6) is 0 Å². The molecule has 1 atom stereocenters. The fourth-order valence-corrected chi connectivity index (χ4v) is 1.52. The van der Waals surface area contributed by atoms with Gasteiger partial charge >= 0.3 is 0 Å². The number of hydrogen-bond donors (Lipinski definition) is 1. The van der Waals surface area contributed by atoms with Crippen LogP contribution in [-0.4, -0.2) is 11.2 Å². The van der Waals surface area contributed by atoms with Crippen LogP contribution in [0.2, 0.25) is 0 Å². The van der Waals surface area contributed by atoms with E-state index in [1.54, 1.807) is 6.92 Å². The quantitative estimate of drug-likeness (QED) is 0.801. The predicted molar refractivity (Wildman–Crippen MR) is 49.4 cm³/mol. The average molecular weight is 251 g/mol. The third-order valence-corrected chi connectivity index (χ3v) is 2.34. The summed E-state index contributed by atoms with van der Waals surface area (Å²) >= 11 is 3.09. The summed E-state index contributed by atoms with van der Waals surface area (Å²) in [6.07, 6.45) is -0.265. The molecular weight excluding hydrogens is 242 g/mol. The van der Waals surface area contributed by atoms with Crippen LogP contribution in [-0.2, 0) is 6.42 Å². The summed E-state index contributed by atoms with van der Waals surface area (Å²) in [7, 11) is 0. The highest BCUT2D eigenvalue weighted by atomic mass is 79.9. The fraction of sp³-hybridized carbons (Fsp3) is 0.333. The molecule has 0 aliphatic carbocycles. The van der Waals surface area contributed by atoms with Crippen LogP contribution in [0.15, 0.2) is 16.6 Å². The lowest BCUT2D eigenvalue weighted by atomic mass is 10.1. The third kappa shape index (κ3) is 2.74. The Morgan fingerprint density at radius 3 is 2.46 bits per heavy atom. The molecule has 1 nitrogen and oxygen atoms in total. The van der Waals surface area contributed by atoms with Crippen LogP contribution < -0.4 is 0 Å². The van der Waals surface area contributed by atoms with Gasteiger partial charge in [-0.25, -0.2) is 8.78 Å². The summed E-state index contributed by atoms with van der Waals surface area (Å²) < 4.78 is 25.8. The minimum atomic E-state index is -0.890. The molecule has 13 heavy (non-hydrogen) atoms. The normalized spacial score (nSPS) is 13.0. The molecule has 0 fully saturated rings. The molecule has 0 aliphatic heterocycles.